The van der Waals surface area contributed by atoms with E-state index in [9.17, 15) is 8.42 Å². The number of hydrogen-bond acceptors (Lipinski definition) is 5. The molecule has 0 spiro atoms. The molecule has 1 unspecified atom stereocenters. The average Bonchev–Trinajstić information content (AvgIpc) is 2.67. The molecule has 0 radical (unpaired) electrons. The topological polar surface area (TPSA) is 84.9 Å². The van der Waals surface area contributed by atoms with Crippen LogP contribution >= 0.6 is 0 Å². The summed E-state index contributed by atoms with van der Waals surface area (Å²) in [5, 5.41) is 9.15. The Bertz CT molecular complexity index is 571. The van der Waals surface area contributed by atoms with Gasteiger partial charge in [0.05, 0.1) is 24.2 Å². The number of aliphatic hydroxyl groups excluding tert-OH is 1. The van der Waals surface area contributed by atoms with Gasteiger partial charge in [-0.2, -0.15) is 0 Å². The molecule has 0 bridgehead atoms. The zero-order valence-corrected chi connectivity index (χ0v) is 12.9. The van der Waals surface area contributed by atoms with Crippen molar-refractivity contribution in [1.82, 2.24) is 4.72 Å². The highest BCUT2D eigenvalue weighted by Crippen LogP contribution is 2.31. The van der Waals surface area contributed by atoms with Gasteiger partial charge in [0.25, 0.3) is 0 Å². The molecule has 118 valence electrons. The van der Waals surface area contributed by atoms with Crippen LogP contribution in [0, 0.1) is 0 Å². The third-order valence-electron chi connectivity index (χ3n) is 3.12. The summed E-state index contributed by atoms with van der Waals surface area (Å²) >= 11 is 0. The van der Waals surface area contributed by atoms with Gasteiger partial charge in [-0.15, -0.1) is 0 Å². The molecule has 6 nitrogen and oxygen atoms in total. The summed E-state index contributed by atoms with van der Waals surface area (Å²) in [5.74, 6) is 1.03. The Kier molecular flexibility index (Phi) is 5.44. The van der Waals surface area contributed by atoms with Gasteiger partial charge in [-0.1, -0.05) is 0 Å². The van der Waals surface area contributed by atoms with Crippen molar-refractivity contribution in [1.29, 1.82) is 0 Å². The van der Waals surface area contributed by atoms with Gasteiger partial charge in [0.2, 0.25) is 10.0 Å². The molecule has 0 amide bonds. The standard InChI is InChI=1S/C14H21NO5S/c1-11(16)4-2-7-15-21(17,18)12-5-6-13-14(10-12)20-9-3-8-19-13/h5-6,10-11,15-16H,2-4,7-9H2,1H3. The van der Waals surface area contributed by atoms with Crippen molar-refractivity contribution >= 4 is 10.0 Å². The van der Waals surface area contributed by atoms with E-state index >= 15 is 0 Å². The minimum atomic E-state index is -3.57. The molecule has 21 heavy (non-hydrogen) atoms. The van der Waals surface area contributed by atoms with Crippen molar-refractivity contribution in [3.05, 3.63) is 18.2 Å². The number of rotatable bonds is 6. The zero-order valence-electron chi connectivity index (χ0n) is 12.0. The van der Waals surface area contributed by atoms with Crippen molar-refractivity contribution in [2.24, 2.45) is 0 Å². The van der Waals surface area contributed by atoms with Crippen LogP contribution in [0.1, 0.15) is 26.2 Å². The number of nitrogens with one attached hydrogen (secondary N) is 1. The number of sulfonamides is 1. The van der Waals surface area contributed by atoms with Crippen LogP contribution in [0.25, 0.3) is 0 Å². The first-order valence-corrected chi connectivity index (χ1v) is 8.55. The van der Waals surface area contributed by atoms with Gasteiger partial charge >= 0.3 is 0 Å². The molecular weight excluding hydrogens is 294 g/mol. The first-order valence-electron chi connectivity index (χ1n) is 7.06. The summed E-state index contributed by atoms with van der Waals surface area (Å²) in [6, 6.07) is 4.60. The summed E-state index contributed by atoms with van der Waals surface area (Å²) in [6.07, 6.45) is 1.49. The first kappa shape index (κ1) is 16.1. The number of hydrogen-bond donors (Lipinski definition) is 2. The molecule has 0 aromatic heterocycles. The van der Waals surface area contributed by atoms with Crippen molar-refractivity contribution in [3.63, 3.8) is 0 Å². The van der Waals surface area contributed by atoms with Crippen LogP contribution in [-0.2, 0) is 10.0 Å². The van der Waals surface area contributed by atoms with E-state index in [1.807, 2.05) is 0 Å². The maximum atomic E-state index is 12.2. The van der Waals surface area contributed by atoms with Crippen LogP contribution in [0.4, 0.5) is 0 Å². The second-order valence-electron chi connectivity index (χ2n) is 5.05. The molecule has 0 saturated carbocycles. The number of fused-ring (bicyclic) bond motifs is 1. The number of benzene rings is 1. The lowest BCUT2D eigenvalue weighted by Gasteiger charge is -2.11. The molecule has 1 aromatic rings. The molecule has 0 fully saturated rings. The van der Waals surface area contributed by atoms with Gasteiger partial charge in [0, 0.05) is 19.0 Å². The van der Waals surface area contributed by atoms with Gasteiger partial charge in [-0.05, 0) is 31.9 Å². The fourth-order valence-corrected chi connectivity index (χ4v) is 3.09. The summed E-state index contributed by atoms with van der Waals surface area (Å²) in [4.78, 5) is 0.156. The van der Waals surface area contributed by atoms with Crippen LogP contribution in [0.5, 0.6) is 11.5 Å². The van der Waals surface area contributed by atoms with Gasteiger partial charge in [-0.3, -0.25) is 0 Å². The van der Waals surface area contributed by atoms with Crippen molar-refractivity contribution in [3.8, 4) is 11.5 Å². The molecule has 1 heterocycles. The van der Waals surface area contributed by atoms with Crippen LogP contribution in [0.3, 0.4) is 0 Å². The molecule has 0 aliphatic carbocycles. The fraction of sp³-hybridized carbons (Fsp3) is 0.571. The number of ether oxygens (including phenoxy) is 2. The van der Waals surface area contributed by atoms with Crippen molar-refractivity contribution in [2.45, 2.75) is 37.2 Å². The predicted octanol–water partition coefficient (Wildman–Crippen LogP) is 1.29. The van der Waals surface area contributed by atoms with E-state index in [0.29, 0.717) is 44.1 Å². The SMILES string of the molecule is CC(O)CCCNS(=O)(=O)c1ccc2c(c1)OCCCO2. The van der Waals surface area contributed by atoms with E-state index in [1.165, 1.54) is 12.1 Å². The lowest BCUT2D eigenvalue weighted by molar-refractivity contribution is 0.182. The normalized spacial score (nSPS) is 16.3. The van der Waals surface area contributed by atoms with Gasteiger partial charge in [0.1, 0.15) is 0 Å². The summed E-state index contributed by atoms with van der Waals surface area (Å²) in [5.41, 5.74) is 0. The lowest BCUT2D eigenvalue weighted by atomic mass is 10.2. The van der Waals surface area contributed by atoms with Gasteiger partial charge in [0.15, 0.2) is 11.5 Å². The van der Waals surface area contributed by atoms with Gasteiger partial charge < -0.3 is 14.6 Å². The van der Waals surface area contributed by atoms with E-state index in [2.05, 4.69) is 4.72 Å². The van der Waals surface area contributed by atoms with Gasteiger partial charge in [-0.25, -0.2) is 13.1 Å². The second-order valence-corrected chi connectivity index (χ2v) is 6.81. The highest BCUT2D eigenvalue weighted by Gasteiger charge is 2.18. The molecule has 1 atom stereocenters. The minimum Gasteiger partial charge on any atom is -0.490 e. The highest BCUT2D eigenvalue weighted by atomic mass is 32.2. The van der Waals surface area contributed by atoms with E-state index < -0.39 is 16.1 Å². The monoisotopic (exact) mass is 315 g/mol. The Labute approximate surface area is 125 Å². The molecule has 2 rings (SSSR count). The Morgan fingerprint density at radius 3 is 2.71 bits per heavy atom. The maximum absolute atomic E-state index is 12.2. The van der Waals surface area contributed by atoms with E-state index in [0.717, 1.165) is 6.42 Å². The molecule has 1 aromatic carbocycles. The minimum absolute atomic E-state index is 0.156. The molecule has 1 aliphatic rings. The van der Waals surface area contributed by atoms with Crippen LogP contribution in [0.15, 0.2) is 23.1 Å². The molecular formula is C14H21NO5S. The van der Waals surface area contributed by atoms with E-state index in [1.54, 1.807) is 13.0 Å². The second kappa shape index (κ2) is 7.11. The highest BCUT2D eigenvalue weighted by molar-refractivity contribution is 7.89. The first-order chi connectivity index (χ1) is 9.99. The Morgan fingerprint density at radius 1 is 1.29 bits per heavy atom. The Balaban J connectivity index is 2.04. The molecule has 2 N–H and O–H groups in total. The lowest BCUT2D eigenvalue weighted by Crippen LogP contribution is -2.25. The van der Waals surface area contributed by atoms with Crippen molar-refractivity contribution in [2.75, 3.05) is 19.8 Å². The maximum Gasteiger partial charge on any atom is 0.240 e. The smallest absolute Gasteiger partial charge is 0.240 e. The van der Waals surface area contributed by atoms with Crippen LogP contribution in [-0.4, -0.2) is 39.4 Å². The van der Waals surface area contributed by atoms with Crippen LogP contribution < -0.4 is 14.2 Å². The quantitative estimate of drug-likeness (QED) is 0.773. The third kappa shape index (κ3) is 4.59. The Morgan fingerprint density at radius 2 is 2.00 bits per heavy atom. The summed E-state index contributed by atoms with van der Waals surface area (Å²) in [7, 11) is -3.57. The third-order valence-corrected chi connectivity index (χ3v) is 4.58. The predicted molar refractivity (Wildman–Crippen MR) is 78.2 cm³/mol. The number of aliphatic hydroxyl groups is 1. The van der Waals surface area contributed by atoms with E-state index in [4.69, 9.17) is 14.6 Å². The largest absolute Gasteiger partial charge is 0.490 e. The van der Waals surface area contributed by atoms with Crippen LogP contribution in [0.2, 0.25) is 0 Å². The average molecular weight is 315 g/mol. The Hall–Kier alpha value is -1.31. The van der Waals surface area contributed by atoms with Crippen molar-refractivity contribution < 1.29 is 23.0 Å². The fourth-order valence-electron chi connectivity index (χ4n) is 2.00. The molecule has 7 heteroatoms. The molecule has 0 saturated heterocycles. The summed E-state index contributed by atoms with van der Waals surface area (Å²) in [6.45, 7) is 3.05. The zero-order chi connectivity index (χ0) is 15.3. The molecule has 1 aliphatic heterocycles. The summed E-state index contributed by atoms with van der Waals surface area (Å²) < 4.78 is 37.8. The van der Waals surface area contributed by atoms with E-state index in [-0.39, 0.29) is 4.90 Å².